The maximum atomic E-state index is 13.2. The lowest BCUT2D eigenvalue weighted by Crippen LogP contribution is -2.37. The second-order valence-electron chi connectivity index (χ2n) is 4.67. The van der Waals surface area contributed by atoms with Gasteiger partial charge in [0.15, 0.2) is 0 Å². The molecule has 3 nitrogen and oxygen atoms in total. The van der Waals surface area contributed by atoms with Gasteiger partial charge in [-0.25, -0.2) is 8.78 Å². The summed E-state index contributed by atoms with van der Waals surface area (Å²) in [5.74, 6) is -2.35. The SMILES string of the molecule is Cc1cn(CC(C)(C)C(C)(F)F)nc1N. The fraction of sp³-hybridized carbons (Fsp3) is 0.700. The van der Waals surface area contributed by atoms with Gasteiger partial charge in [-0.15, -0.1) is 0 Å². The highest BCUT2D eigenvalue weighted by Crippen LogP contribution is 2.37. The lowest BCUT2D eigenvalue weighted by Gasteiger charge is -2.31. The Balaban J connectivity index is 2.86. The lowest BCUT2D eigenvalue weighted by molar-refractivity contribution is -0.0972. The van der Waals surface area contributed by atoms with E-state index in [9.17, 15) is 8.78 Å². The van der Waals surface area contributed by atoms with Gasteiger partial charge in [-0.05, 0) is 13.8 Å². The molecule has 0 radical (unpaired) electrons. The number of nitrogen functional groups attached to an aromatic ring is 1. The summed E-state index contributed by atoms with van der Waals surface area (Å²) >= 11 is 0. The number of anilines is 1. The summed E-state index contributed by atoms with van der Waals surface area (Å²) in [6, 6.07) is 0. The minimum absolute atomic E-state index is 0.147. The Hall–Kier alpha value is -1.13. The number of nitrogens with zero attached hydrogens (tertiary/aromatic N) is 2. The second-order valence-corrected chi connectivity index (χ2v) is 4.67. The lowest BCUT2D eigenvalue weighted by atomic mass is 9.86. The number of halogens is 2. The predicted molar refractivity (Wildman–Crippen MR) is 55.8 cm³/mol. The zero-order valence-electron chi connectivity index (χ0n) is 9.51. The van der Waals surface area contributed by atoms with E-state index < -0.39 is 11.3 Å². The molecule has 0 atom stereocenters. The zero-order valence-corrected chi connectivity index (χ0v) is 9.51. The van der Waals surface area contributed by atoms with Crippen molar-refractivity contribution < 1.29 is 8.78 Å². The van der Waals surface area contributed by atoms with E-state index in [1.165, 1.54) is 18.5 Å². The van der Waals surface area contributed by atoms with Crippen LogP contribution in [0.5, 0.6) is 0 Å². The number of rotatable bonds is 3. The molecule has 0 bridgehead atoms. The number of aryl methyl sites for hydroxylation is 1. The van der Waals surface area contributed by atoms with Gasteiger partial charge in [0.2, 0.25) is 0 Å². The summed E-state index contributed by atoms with van der Waals surface area (Å²) in [6.45, 7) is 5.90. The monoisotopic (exact) mass is 217 g/mol. The van der Waals surface area contributed by atoms with Crippen molar-refractivity contribution in [2.24, 2.45) is 5.41 Å². The second kappa shape index (κ2) is 3.47. The van der Waals surface area contributed by atoms with Crippen molar-refractivity contribution in [2.45, 2.75) is 40.2 Å². The average molecular weight is 217 g/mol. The smallest absolute Gasteiger partial charge is 0.252 e. The fourth-order valence-corrected chi connectivity index (χ4v) is 1.16. The van der Waals surface area contributed by atoms with Crippen LogP contribution in [0.15, 0.2) is 6.20 Å². The molecule has 1 rings (SSSR count). The Bertz CT molecular complexity index is 331. The molecule has 0 aliphatic carbocycles. The van der Waals surface area contributed by atoms with E-state index in [2.05, 4.69) is 5.10 Å². The molecule has 0 fully saturated rings. The van der Waals surface area contributed by atoms with Gasteiger partial charge in [0.05, 0.1) is 6.54 Å². The summed E-state index contributed by atoms with van der Waals surface area (Å²) in [6.07, 6.45) is 1.68. The minimum Gasteiger partial charge on any atom is -0.382 e. The third-order valence-corrected chi connectivity index (χ3v) is 2.73. The first-order chi connectivity index (χ1) is 6.63. The maximum absolute atomic E-state index is 13.2. The number of aromatic nitrogens is 2. The number of alkyl halides is 2. The third kappa shape index (κ3) is 2.46. The van der Waals surface area contributed by atoms with Gasteiger partial charge in [-0.3, -0.25) is 4.68 Å². The van der Waals surface area contributed by atoms with Crippen molar-refractivity contribution in [3.05, 3.63) is 11.8 Å². The summed E-state index contributed by atoms with van der Waals surface area (Å²) in [5, 5.41) is 3.97. The Morgan fingerprint density at radius 3 is 2.27 bits per heavy atom. The Labute approximate surface area is 88.3 Å². The van der Waals surface area contributed by atoms with Crippen molar-refractivity contribution >= 4 is 5.82 Å². The first kappa shape index (κ1) is 11.9. The Morgan fingerprint density at radius 1 is 1.40 bits per heavy atom. The molecule has 0 aliphatic heterocycles. The molecule has 1 aromatic heterocycles. The molecular weight excluding hydrogens is 200 g/mol. The molecule has 2 N–H and O–H groups in total. The van der Waals surface area contributed by atoms with E-state index in [1.807, 2.05) is 0 Å². The Kier molecular flexibility index (Phi) is 2.76. The fourth-order valence-electron chi connectivity index (χ4n) is 1.16. The van der Waals surface area contributed by atoms with Crippen LogP contribution in [0.2, 0.25) is 0 Å². The van der Waals surface area contributed by atoms with Gasteiger partial charge >= 0.3 is 0 Å². The zero-order chi connectivity index (χ0) is 11.9. The van der Waals surface area contributed by atoms with Crippen molar-refractivity contribution in [2.75, 3.05) is 5.73 Å². The van der Waals surface area contributed by atoms with E-state index in [0.717, 1.165) is 12.5 Å². The molecule has 0 unspecified atom stereocenters. The normalized spacial score (nSPS) is 13.2. The topological polar surface area (TPSA) is 43.8 Å². The van der Waals surface area contributed by atoms with Gasteiger partial charge in [0, 0.05) is 17.2 Å². The van der Waals surface area contributed by atoms with E-state index in [-0.39, 0.29) is 6.54 Å². The Morgan fingerprint density at radius 2 is 1.93 bits per heavy atom. The van der Waals surface area contributed by atoms with Crippen molar-refractivity contribution in [1.29, 1.82) is 0 Å². The molecule has 0 amide bonds. The molecule has 0 aromatic carbocycles. The molecule has 5 heteroatoms. The van der Waals surface area contributed by atoms with Crippen LogP contribution >= 0.6 is 0 Å². The van der Waals surface area contributed by atoms with Gasteiger partial charge in [0.25, 0.3) is 5.92 Å². The van der Waals surface area contributed by atoms with E-state index >= 15 is 0 Å². The van der Waals surface area contributed by atoms with Crippen LogP contribution in [0, 0.1) is 12.3 Å². The number of hydrogen-bond donors (Lipinski definition) is 1. The molecule has 0 aliphatic rings. The molecule has 86 valence electrons. The summed E-state index contributed by atoms with van der Waals surface area (Å²) in [7, 11) is 0. The van der Waals surface area contributed by atoms with E-state index in [4.69, 9.17) is 5.73 Å². The van der Waals surface area contributed by atoms with Gasteiger partial charge in [0.1, 0.15) is 5.82 Å². The maximum Gasteiger partial charge on any atom is 0.252 e. The number of hydrogen-bond acceptors (Lipinski definition) is 2. The first-order valence-electron chi connectivity index (χ1n) is 4.81. The van der Waals surface area contributed by atoms with Crippen LogP contribution in [-0.2, 0) is 6.54 Å². The van der Waals surface area contributed by atoms with Gasteiger partial charge in [-0.1, -0.05) is 13.8 Å². The standard InChI is InChI=1S/C10H17F2N3/c1-7-5-15(14-8(7)13)6-9(2,3)10(4,11)12/h5H,6H2,1-4H3,(H2,13,14). The van der Waals surface area contributed by atoms with Crippen LogP contribution in [0.4, 0.5) is 14.6 Å². The van der Waals surface area contributed by atoms with Crippen LogP contribution in [0.1, 0.15) is 26.3 Å². The molecule has 1 heterocycles. The van der Waals surface area contributed by atoms with Crippen LogP contribution in [0.25, 0.3) is 0 Å². The minimum atomic E-state index is -2.75. The predicted octanol–water partition coefficient (Wildman–Crippen LogP) is 2.46. The van der Waals surface area contributed by atoms with Crippen molar-refractivity contribution in [3.63, 3.8) is 0 Å². The molecule has 15 heavy (non-hydrogen) atoms. The highest BCUT2D eigenvalue weighted by atomic mass is 19.3. The van der Waals surface area contributed by atoms with Crippen LogP contribution < -0.4 is 5.73 Å². The summed E-state index contributed by atoms with van der Waals surface area (Å²) in [4.78, 5) is 0. The number of nitrogens with two attached hydrogens (primary N) is 1. The third-order valence-electron chi connectivity index (χ3n) is 2.73. The molecule has 1 aromatic rings. The van der Waals surface area contributed by atoms with E-state index in [0.29, 0.717) is 5.82 Å². The first-order valence-corrected chi connectivity index (χ1v) is 4.81. The quantitative estimate of drug-likeness (QED) is 0.845. The van der Waals surface area contributed by atoms with Gasteiger partial charge < -0.3 is 5.73 Å². The average Bonchev–Trinajstić information content (AvgIpc) is 2.27. The van der Waals surface area contributed by atoms with Crippen LogP contribution in [0.3, 0.4) is 0 Å². The summed E-state index contributed by atoms with van der Waals surface area (Å²) < 4.78 is 27.9. The van der Waals surface area contributed by atoms with Crippen molar-refractivity contribution in [3.8, 4) is 0 Å². The molecular formula is C10H17F2N3. The highest BCUT2D eigenvalue weighted by molar-refractivity contribution is 5.35. The van der Waals surface area contributed by atoms with Crippen molar-refractivity contribution in [1.82, 2.24) is 9.78 Å². The summed E-state index contributed by atoms with van der Waals surface area (Å²) in [5.41, 5.74) is 5.22. The van der Waals surface area contributed by atoms with Gasteiger partial charge in [-0.2, -0.15) is 5.10 Å². The largest absolute Gasteiger partial charge is 0.382 e. The van der Waals surface area contributed by atoms with Crippen LogP contribution in [-0.4, -0.2) is 15.7 Å². The molecule has 0 spiro atoms. The molecule has 0 saturated carbocycles. The van der Waals surface area contributed by atoms with E-state index in [1.54, 1.807) is 13.1 Å². The highest BCUT2D eigenvalue weighted by Gasteiger charge is 2.42. The molecule has 0 saturated heterocycles.